The van der Waals surface area contributed by atoms with Gasteiger partial charge in [-0.15, -0.1) is 0 Å². The number of anilines is 1. The number of amides is 1. The molecule has 1 amide bonds. The van der Waals surface area contributed by atoms with E-state index in [1.807, 2.05) is 36.4 Å². The summed E-state index contributed by atoms with van der Waals surface area (Å²) in [5.74, 6) is -0.215. The highest BCUT2D eigenvalue weighted by Gasteiger charge is 2.11. The monoisotopic (exact) mass is 473 g/mol. The van der Waals surface area contributed by atoms with Crippen LogP contribution in [0.15, 0.2) is 60.7 Å². The van der Waals surface area contributed by atoms with Crippen molar-refractivity contribution in [2.45, 2.75) is 12.8 Å². The molecule has 0 saturated heterocycles. The molecule has 0 aliphatic carbocycles. The SMILES string of the molecule is COc1ccc(-c2cccc(CC(=O)O)c2)cc1CCOC(=O)Nc1ccc(Cl)cc1Cl. The van der Waals surface area contributed by atoms with Crippen LogP contribution in [-0.2, 0) is 22.4 Å². The summed E-state index contributed by atoms with van der Waals surface area (Å²) in [5.41, 5.74) is 3.77. The van der Waals surface area contributed by atoms with Crippen LogP contribution in [0.5, 0.6) is 5.75 Å². The number of hydrogen-bond donors (Lipinski definition) is 2. The first-order chi connectivity index (χ1) is 15.4. The second-order valence-corrected chi connectivity index (χ2v) is 7.78. The minimum absolute atomic E-state index is 0.0442. The van der Waals surface area contributed by atoms with Crippen molar-refractivity contribution in [3.8, 4) is 16.9 Å². The zero-order valence-electron chi connectivity index (χ0n) is 17.2. The van der Waals surface area contributed by atoms with Crippen LogP contribution >= 0.6 is 23.2 Å². The molecule has 166 valence electrons. The number of carbonyl (C=O) groups excluding carboxylic acids is 1. The van der Waals surface area contributed by atoms with E-state index in [1.54, 1.807) is 25.3 Å². The normalized spacial score (nSPS) is 10.5. The van der Waals surface area contributed by atoms with Gasteiger partial charge in [0.15, 0.2) is 0 Å². The largest absolute Gasteiger partial charge is 0.496 e. The second-order valence-electron chi connectivity index (χ2n) is 6.93. The number of nitrogens with one attached hydrogen (secondary N) is 1. The molecular weight excluding hydrogens is 453 g/mol. The lowest BCUT2D eigenvalue weighted by atomic mass is 9.98. The van der Waals surface area contributed by atoms with Gasteiger partial charge in [-0.3, -0.25) is 10.1 Å². The predicted molar refractivity (Wildman–Crippen MR) is 125 cm³/mol. The summed E-state index contributed by atoms with van der Waals surface area (Å²) in [6.45, 7) is 0.121. The van der Waals surface area contributed by atoms with Crippen molar-refractivity contribution in [3.63, 3.8) is 0 Å². The highest BCUT2D eigenvalue weighted by molar-refractivity contribution is 6.36. The summed E-state index contributed by atoms with van der Waals surface area (Å²) in [6, 6.07) is 17.8. The van der Waals surface area contributed by atoms with Gasteiger partial charge in [-0.2, -0.15) is 0 Å². The molecule has 0 fully saturated rings. The summed E-state index contributed by atoms with van der Waals surface area (Å²) in [4.78, 5) is 23.1. The van der Waals surface area contributed by atoms with Crippen molar-refractivity contribution in [3.05, 3.63) is 81.8 Å². The maximum atomic E-state index is 12.1. The first-order valence-electron chi connectivity index (χ1n) is 9.72. The zero-order valence-corrected chi connectivity index (χ0v) is 18.7. The third-order valence-electron chi connectivity index (χ3n) is 4.67. The molecule has 2 N–H and O–H groups in total. The van der Waals surface area contributed by atoms with Gasteiger partial charge in [0, 0.05) is 11.4 Å². The van der Waals surface area contributed by atoms with Crippen molar-refractivity contribution in [1.82, 2.24) is 0 Å². The van der Waals surface area contributed by atoms with Crippen LogP contribution in [-0.4, -0.2) is 30.9 Å². The summed E-state index contributed by atoms with van der Waals surface area (Å²) < 4.78 is 10.7. The Morgan fingerprint density at radius 3 is 2.50 bits per heavy atom. The number of aliphatic carboxylic acids is 1. The van der Waals surface area contributed by atoms with E-state index in [0.717, 1.165) is 16.7 Å². The van der Waals surface area contributed by atoms with Crippen LogP contribution in [0.4, 0.5) is 10.5 Å². The second kappa shape index (κ2) is 10.9. The van der Waals surface area contributed by atoms with Gasteiger partial charge in [-0.1, -0.05) is 53.5 Å². The highest BCUT2D eigenvalue weighted by atomic mass is 35.5. The molecule has 3 rings (SSSR count). The molecular formula is C24H21Cl2NO5. The Morgan fingerprint density at radius 1 is 1.00 bits per heavy atom. The number of rotatable bonds is 8. The Bertz CT molecular complexity index is 1130. The molecule has 0 saturated carbocycles. The van der Waals surface area contributed by atoms with Gasteiger partial charge in [0.1, 0.15) is 5.75 Å². The van der Waals surface area contributed by atoms with E-state index >= 15 is 0 Å². The van der Waals surface area contributed by atoms with Crippen molar-refractivity contribution < 1.29 is 24.2 Å². The lowest BCUT2D eigenvalue weighted by Crippen LogP contribution is -2.15. The van der Waals surface area contributed by atoms with Crippen molar-refractivity contribution >= 4 is 41.0 Å². The molecule has 32 heavy (non-hydrogen) atoms. The lowest BCUT2D eigenvalue weighted by molar-refractivity contribution is -0.136. The van der Waals surface area contributed by atoms with Crippen molar-refractivity contribution in [1.29, 1.82) is 0 Å². The third-order valence-corrected chi connectivity index (χ3v) is 5.22. The van der Waals surface area contributed by atoms with Crippen LogP contribution in [0, 0.1) is 0 Å². The maximum Gasteiger partial charge on any atom is 0.411 e. The maximum absolute atomic E-state index is 12.1. The fourth-order valence-corrected chi connectivity index (χ4v) is 3.64. The summed E-state index contributed by atoms with van der Waals surface area (Å²) in [5, 5.41) is 12.4. The summed E-state index contributed by atoms with van der Waals surface area (Å²) >= 11 is 11.9. The molecule has 0 aliphatic heterocycles. The highest BCUT2D eigenvalue weighted by Crippen LogP contribution is 2.28. The van der Waals surface area contributed by atoms with Gasteiger partial charge in [0.2, 0.25) is 0 Å². The van der Waals surface area contributed by atoms with Crippen LogP contribution in [0.2, 0.25) is 10.0 Å². The topological polar surface area (TPSA) is 84.9 Å². The lowest BCUT2D eigenvalue weighted by Gasteiger charge is -2.13. The van der Waals surface area contributed by atoms with Crippen LogP contribution in [0.3, 0.4) is 0 Å². The fourth-order valence-electron chi connectivity index (χ4n) is 3.18. The Balaban J connectivity index is 1.67. The van der Waals surface area contributed by atoms with Gasteiger partial charge in [-0.05, 0) is 52.6 Å². The van der Waals surface area contributed by atoms with Crippen LogP contribution in [0.1, 0.15) is 11.1 Å². The van der Waals surface area contributed by atoms with E-state index in [4.69, 9.17) is 37.8 Å². The van der Waals surface area contributed by atoms with E-state index in [9.17, 15) is 9.59 Å². The summed E-state index contributed by atoms with van der Waals surface area (Å²) in [6.07, 6.45) is -0.254. The molecule has 8 heteroatoms. The number of benzene rings is 3. The standard InChI is InChI=1S/C24H21Cl2NO5/c1-31-22-8-5-17(16-4-2-3-15(11-16)12-23(28)29)13-18(22)9-10-32-24(30)27-21-7-6-19(25)14-20(21)26/h2-8,11,13-14H,9-10,12H2,1H3,(H,27,30)(H,28,29). The minimum Gasteiger partial charge on any atom is -0.496 e. The third kappa shape index (κ3) is 6.39. The van der Waals surface area contributed by atoms with E-state index in [-0.39, 0.29) is 13.0 Å². The molecule has 0 bridgehead atoms. The summed E-state index contributed by atoms with van der Waals surface area (Å²) in [7, 11) is 1.57. The Kier molecular flexibility index (Phi) is 7.98. The molecule has 0 spiro atoms. The first kappa shape index (κ1) is 23.4. The smallest absolute Gasteiger partial charge is 0.411 e. The number of halogens is 2. The van der Waals surface area contributed by atoms with Gasteiger partial charge in [0.05, 0.1) is 30.8 Å². The first-order valence-corrected chi connectivity index (χ1v) is 10.5. The minimum atomic E-state index is -0.882. The van der Waals surface area contributed by atoms with E-state index in [2.05, 4.69) is 5.32 Å². The molecule has 0 aliphatic rings. The van der Waals surface area contributed by atoms with E-state index in [0.29, 0.717) is 33.5 Å². The van der Waals surface area contributed by atoms with Gasteiger partial charge in [-0.25, -0.2) is 4.79 Å². The zero-order chi connectivity index (χ0) is 23.1. The number of ether oxygens (including phenoxy) is 2. The van der Waals surface area contributed by atoms with Gasteiger partial charge < -0.3 is 14.6 Å². The molecule has 0 atom stereocenters. The predicted octanol–water partition coefficient (Wildman–Crippen LogP) is 6.09. The molecule has 3 aromatic carbocycles. The molecule has 6 nitrogen and oxygen atoms in total. The van der Waals surface area contributed by atoms with Crippen LogP contribution in [0.25, 0.3) is 11.1 Å². The molecule has 0 unspecified atom stereocenters. The number of hydrogen-bond acceptors (Lipinski definition) is 4. The van der Waals surface area contributed by atoms with Crippen molar-refractivity contribution in [2.24, 2.45) is 0 Å². The van der Waals surface area contributed by atoms with Gasteiger partial charge in [0.25, 0.3) is 0 Å². The number of methoxy groups -OCH3 is 1. The molecule has 0 heterocycles. The van der Waals surface area contributed by atoms with Crippen molar-refractivity contribution in [2.75, 3.05) is 19.0 Å². The van der Waals surface area contributed by atoms with Crippen LogP contribution < -0.4 is 10.1 Å². The van der Waals surface area contributed by atoms with Gasteiger partial charge >= 0.3 is 12.1 Å². The van der Waals surface area contributed by atoms with E-state index in [1.165, 1.54) is 6.07 Å². The number of carboxylic acids is 1. The Morgan fingerprint density at radius 2 is 1.78 bits per heavy atom. The Labute approximate surface area is 195 Å². The van der Waals surface area contributed by atoms with E-state index < -0.39 is 12.1 Å². The fraction of sp³-hybridized carbons (Fsp3) is 0.167. The average Bonchev–Trinajstić information content (AvgIpc) is 2.75. The molecule has 3 aromatic rings. The molecule has 0 aromatic heterocycles. The average molecular weight is 474 g/mol. The quantitative estimate of drug-likeness (QED) is 0.413. The Hall–Kier alpha value is -3.22. The number of carboxylic acid groups (broad SMARTS) is 1. The number of carbonyl (C=O) groups is 2. The molecule has 0 radical (unpaired) electrons.